The fraction of sp³-hybridized carbons (Fsp3) is 0.231. The second kappa shape index (κ2) is 3.82. The van der Waals surface area contributed by atoms with Gasteiger partial charge in [0.2, 0.25) is 0 Å². The van der Waals surface area contributed by atoms with Crippen LogP contribution < -0.4 is 0 Å². The Labute approximate surface area is 93.7 Å². The van der Waals surface area contributed by atoms with Crippen LogP contribution in [-0.2, 0) is 0 Å². The van der Waals surface area contributed by atoms with Gasteiger partial charge in [-0.25, -0.2) is 4.39 Å². The highest BCUT2D eigenvalue weighted by molar-refractivity contribution is 6.31. The zero-order valence-corrected chi connectivity index (χ0v) is 9.48. The molecule has 2 aromatic rings. The maximum absolute atomic E-state index is 13.9. The number of fused-ring (bicyclic) bond motifs is 1. The summed E-state index contributed by atoms with van der Waals surface area (Å²) in [5.74, 6) is -0.0138. The Balaban J connectivity index is 2.88. The first kappa shape index (κ1) is 10.4. The Kier molecular flexibility index (Phi) is 2.66. The van der Waals surface area contributed by atoms with Gasteiger partial charge in [-0.15, -0.1) is 0 Å². The Hall–Kier alpha value is -1.08. The summed E-state index contributed by atoms with van der Waals surface area (Å²) in [4.78, 5) is 0. The van der Waals surface area contributed by atoms with Crippen molar-refractivity contribution in [3.63, 3.8) is 0 Å². The van der Waals surface area contributed by atoms with Crippen LogP contribution in [0, 0.1) is 5.82 Å². The lowest BCUT2D eigenvalue weighted by Gasteiger charge is -2.11. The van der Waals surface area contributed by atoms with Gasteiger partial charge in [0, 0.05) is 5.39 Å². The van der Waals surface area contributed by atoms with E-state index in [0.717, 1.165) is 10.9 Å². The van der Waals surface area contributed by atoms with E-state index in [0.29, 0.717) is 11.3 Å². The number of hydrogen-bond acceptors (Lipinski definition) is 0. The monoisotopic (exact) mass is 222 g/mol. The highest BCUT2D eigenvalue weighted by Gasteiger charge is 2.11. The lowest BCUT2D eigenvalue weighted by atomic mass is 9.96. The normalized spacial score (nSPS) is 11.3. The van der Waals surface area contributed by atoms with E-state index in [2.05, 4.69) is 13.8 Å². The van der Waals surface area contributed by atoms with Crippen LogP contribution in [0.5, 0.6) is 0 Å². The molecule has 15 heavy (non-hydrogen) atoms. The minimum absolute atomic E-state index is 0.190. The van der Waals surface area contributed by atoms with Crippen molar-refractivity contribution in [1.29, 1.82) is 0 Å². The van der Waals surface area contributed by atoms with Crippen LogP contribution in [0.1, 0.15) is 25.3 Å². The summed E-state index contributed by atoms with van der Waals surface area (Å²) in [6.07, 6.45) is 0. The summed E-state index contributed by atoms with van der Waals surface area (Å²) in [5, 5.41) is 1.75. The molecule has 0 aliphatic rings. The smallest absolute Gasteiger partial charge is 0.149 e. The van der Waals surface area contributed by atoms with Crippen LogP contribution in [0.4, 0.5) is 4.39 Å². The zero-order valence-electron chi connectivity index (χ0n) is 8.72. The molecule has 0 radical (unpaired) electrons. The molecule has 0 unspecified atom stereocenters. The Morgan fingerprint density at radius 1 is 1.13 bits per heavy atom. The van der Waals surface area contributed by atoms with Gasteiger partial charge in [0.15, 0.2) is 0 Å². The van der Waals surface area contributed by atoms with Crippen molar-refractivity contribution >= 4 is 22.4 Å². The Morgan fingerprint density at radius 3 is 2.53 bits per heavy atom. The first-order chi connectivity index (χ1) is 7.11. The third-order valence-corrected chi connectivity index (χ3v) is 2.88. The fourth-order valence-corrected chi connectivity index (χ4v) is 1.98. The third kappa shape index (κ3) is 1.72. The lowest BCUT2D eigenvalue weighted by Crippen LogP contribution is -1.92. The lowest BCUT2D eigenvalue weighted by molar-refractivity contribution is 0.638. The maximum atomic E-state index is 13.9. The molecule has 78 valence electrons. The highest BCUT2D eigenvalue weighted by Crippen LogP contribution is 2.31. The summed E-state index contributed by atoms with van der Waals surface area (Å²) in [7, 11) is 0. The molecular weight excluding hydrogens is 211 g/mol. The van der Waals surface area contributed by atoms with Crippen LogP contribution in [0.2, 0.25) is 5.02 Å². The molecule has 2 heteroatoms. The molecule has 0 heterocycles. The van der Waals surface area contributed by atoms with Gasteiger partial charge in [-0.2, -0.15) is 0 Å². The average molecular weight is 223 g/mol. The van der Waals surface area contributed by atoms with Gasteiger partial charge in [0.05, 0.1) is 5.02 Å². The van der Waals surface area contributed by atoms with E-state index >= 15 is 0 Å². The largest absolute Gasteiger partial charge is 0.205 e. The topological polar surface area (TPSA) is 0 Å². The molecule has 0 aromatic heterocycles. The molecule has 0 nitrogen and oxygen atoms in total. The summed E-state index contributed by atoms with van der Waals surface area (Å²) >= 11 is 5.79. The van der Waals surface area contributed by atoms with Gasteiger partial charge in [0.1, 0.15) is 5.82 Å². The first-order valence-corrected chi connectivity index (χ1v) is 5.35. The first-order valence-electron chi connectivity index (χ1n) is 4.98. The highest BCUT2D eigenvalue weighted by atomic mass is 35.5. The zero-order chi connectivity index (χ0) is 11.0. The van der Waals surface area contributed by atoms with Crippen LogP contribution in [-0.4, -0.2) is 0 Å². The molecule has 0 N–H and O–H groups in total. The quantitative estimate of drug-likeness (QED) is 0.653. The van der Waals surface area contributed by atoms with Crippen LogP contribution >= 0.6 is 11.6 Å². The van der Waals surface area contributed by atoms with E-state index in [1.165, 1.54) is 0 Å². The molecule has 0 bridgehead atoms. The third-order valence-electron chi connectivity index (χ3n) is 2.59. The molecule has 0 saturated heterocycles. The van der Waals surface area contributed by atoms with Gasteiger partial charge < -0.3 is 0 Å². The summed E-state index contributed by atoms with van der Waals surface area (Å²) in [6.45, 7) is 4.10. The van der Waals surface area contributed by atoms with E-state index in [4.69, 9.17) is 11.6 Å². The summed E-state index contributed by atoms with van der Waals surface area (Å²) in [5.41, 5.74) is 1.01. The number of hydrogen-bond donors (Lipinski definition) is 0. The van der Waals surface area contributed by atoms with Crippen molar-refractivity contribution in [3.05, 3.63) is 46.7 Å². The second-order valence-electron chi connectivity index (χ2n) is 3.96. The van der Waals surface area contributed by atoms with Crippen molar-refractivity contribution in [2.45, 2.75) is 19.8 Å². The van der Waals surface area contributed by atoms with Crippen molar-refractivity contribution in [2.75, 3.05) is 0 Å². The summed E-state index contributed by atoms with van der Waals surface area (Å²) < 4.78 is 13.9. The van der Waals surface area contributed by atoms with Crippen molar-refractivity contribution in [1.82, 2.24) is 0 Å². The van der Waals surface area contributed by atoms with E-state index in [9.17, 15) is 4.39 Å². The van der Waals surface area contributed by atoms with Gasteiger partial charge in [-0.1, -0.05) is 49.7 Å². The van der Waals surface area contributed by atoms with Gasteiger partial charge in [-0.3, -0.25) is 0 Å². The molecule has 0 aliphatic carbocycles. The standard InChI is InChI=1S/C13H12ClF/c1-8(2)10-5-3-4-9-6-7-11(14)13(15)12(9)10/h3-8H,1-2H3. The molecule has 0 amide bonds. The van der Waals surface area contributed by atoms with Crippen molar-refractivity contribution in [2.24, 2.45) is 0 Å². The molecule has 0 aliphatic heterocycles. The summed E-state index contributed by atoms with van der Waals surface area (Å²) in [6, 6.07) is 9.26. The van der Waals surface area contributed by atoms with E-state index < -0.39 is 0 Å². The molecule has 0 spiro atoms. The van der Waals surface area contributed by atoms with Gasteiger partial charge in [-0.05, 0) is 22.9 Å². The predicted molar refractivity (Wildman–Crippen MR) is 63.0 cm³/mol. The minimum Gasteiger partial charge on any atom is -0.205 e. The van der Waals surface area contributed by atoms with Crippen molar-refractivity contribution in [3.8, 4) is 0 Å². The molecule has 2 aromatic carbocycles. The SMILES string of the molecule is CC(C)c1cccc2ccc(Cl)c(F)c12. The molecule has 0 fully saturated rings. The average Bonchev–Trinajstić information content (AvgIpc) is 2.23. The Bertz CT molecular complexity index is 503. The number of rotatable bonds is 1. The molecular formula is C13H12ClF. The van der Waals surface area contributed by atoms with Gasteiger partial charge >= 0.3 is 0 Å². The number of halogens is 2. The van der Waals surface area contributed by atoms with Crippen LogP contribution in [0.25, 0.3) is 10.8 Å². The van der Waals surface area contributed by atoms with Crippen LogP contribution in [0.3, 0.4) is 0 Å². The predicted octanol–water partition coefficient (Wildman–Crippen LogP) is 4.76. The molecule has 0 saturated carbocycles. The van der Waals surface area contributed by atoms with Crippen LogP contribution in [0.15, 0.2) is 30.3 Å². The fourth-order valence-electron chi connectivity index (χ4n) is 1.82. The second-order valence-corrected chi connectivity index (χ2v) is 4.37. The molecule has 0 atom stereocenters. The Morgan fingerprint density at radius 2 is 1.87 bits per heavy atom. The number of benzene rings is 2. The van der Waals surface area contributed by atoms with Crippen molar-refractivity contribution < 1.29 is 4.39 Å². The molecule has 2 rings (SSSR count). The van der Waals surface area contributed by atoms with E-state index in [-0.39, 0.29) is 10.8 Å². The van der Waals surface area contributed by atoms with E-state index in [1.54, 1.807) is 6.07 Å². The minimum atomic E-state index is -0.307. The van der Waals surface area contributed by atoms with Gasteiger partial charge in [0.25, 0.3) is 0 Å². The maximum Gasteiger partial charge on any atom is 0.149 e. The van der Waals surface area contributed by atoms with E-state index in [1.807, 2.05) is 24.3 Å².